The second-order valence-corrected chi connectivity index (χ2v) is 5.89. The Bertz CT molecular complexity index is 802. The molecule has 0 saturated heterocycles. The lowest BCUT2D eigenvalue weighted by atomic mass is 9.92. The monoisotopic (exact) mass is 359 g/mol. The number of hydrogen-bond donors (Lipinski definition) is 1. The zero-order valence-corrected chi connectivity index (χ0v) is 15.1. The highest BCUT2D eigenvalue weighted by Gasteiger charge is 2.20. The minimum Gasteiger partial charge on any atom is -0.496 e. The van der Waals surface area contributed by atoms with Gasteiger partial charge in [-0.2, -0.15) is 0 Å². The summed E-state index contributed by atoms with van der Waals surface area (Å²) in [6.07, 6.45) is -0.178. The van der Waals surface area contributed by atoms with Crippen LogP contribution in [0.5, 0.6) is 5.75 Å². The number of methoxy groups -OCH3 is 1. The van der Waals surface area contributed by atoms with E-state index in [-0.39, 0.29) is 24.7 Å². The molecule has 2 rings (SSSR count). The van der Waals surface area contributed by atoms with Crippen LogP contribution in [0.1, 0.15) is 25.0 Å². The van der Waals surface area contributed by atoms with Crippen molar-refractivity contribution in [1.82, 2.24) is 4.90 Å². The molecule has 1 amide bonds. The molecule has 0 fully saturated rings. The second kappa shape index (κ2) is 8.47. The molecule has 0 unspecified atom stereocenters. The predicted molar refractivity (Wildman–Crippen MR) is 96.5 cm³/mol. The van der Waals surface area contributed by atoms with E-state index in [9.17, 15) is 19.1 Å². The lowest BCUT2D eigenvalue weighted by Gasteiger charge is -2.24. The van der Waals surface area contributed by atoms with Crippen molar-refractivity contribution in [2.75, 3.05) is 13.7 Å². The van der Waals surface area contributed by atoms with Gasteiger partial charge in [-0.1, -0.05) is 18.2 Å². The number of carboxylic acids is 1. The third-order valence-corrected chi connectivity index (χ3v) is 4.24. The van der Waals surface area contributed by atoms with E-state index in [1.165, 1.54) is 26.2 Å². The van der Waals surface area contributed by atoms with Crippen molar-refractivity contribution >= 4 is 11.9 Å². The van der Waals surface area contributed by atoms with Crippen molar-refractivity contribution in [3.8, 4) is 16.9 Å². The van der Waals surface area contributed by atoms with Gasteiger partial charge in [0.1, 0.15) is 11.6 Å². The van der Waals surface area contributed by atoms with E-state index in [1.807, 2.05) is 6.92 Å². The highest BCUT2D eigenvalue weighted by Crippen LogP contribution is 2.36. The Morgan fingerprint density at radius 1 is 1.15 bits per heavy atom. The molecule has 0 aliphatic rings. The van der Waals surface area contributed by atoms with Crippen molar-refractivity contribution < 1.29 is 23.8 Å². The molecule has 5 nitrogen and oxygen atoms in total. The van der Waals surface area contributed by atoms with Crippen LogP contribution >= 0.6 is 0 Å². The van der Waals surface area contributed by atoms with Gasteiger partial charge < -0.3 is 14.7 Å². The molecule has 0 heterocycles. The van der Waals surface area contributed by atoms with Gasteiger partial charge in [0.05, 0.1) is 13.5 Å². The maximum Gasteiger partial charge on any atom is 0.307 e. The number of amides is 1. The molecule has 0 saturated carbocycles. The van der Waals surface area contributed by atoms with Gasteiger partial charge in [-0.3, -0.25) is 9.59 Å². The molecule has 0 aromatic heterocycles. The summed E-state index contributed by atoms with van der Waals surface area (Å²) in [5.41, 5.74) is 2.66. The van der Waals surface area contributed by atoms with Gasteiger partial charge >= 0.3 is 5.97 Å². The number of aliphatic carboxylic acids is 1. The zero-order chi connectivity index (χ0) is 19.3. The summed E-state index contributed by atoms with van der Waals surface area (Å²) >= 11 is 0. The third-order valence-electron chi connectivity index (χ3n) is 4.24. The smallest absolute Gasteiger partial charge is 0.307 e. The van der Waals surface area contributed by atoms with E-state index in [0.717, 1.165) is 0 Å². The predicted octanol–water partition coefficient (Wildman–Crippen LogP) is 3.50. The van der Waals surface area contributed by atoms with Gasteiger partial charge in [-0.15, -0.1) is 0 Å². The number of carbonyl (C=O) groups excluding carboxylic acids is 1. The number of rotatable bonds is 7. The van der Waals surface area contributed by atoms with Gasteiger partial charge in [0, 0.05) is 25.6 Å². The van der Waals surface area contributed by atoms with Crippen molar-refractivity contribution in [2.45, 2.75) is 26.8 Å². The average Bonchev–Trinajstić information content (AvgIpc) is 2.60. The second-order valence-electron chi connectivity index (χ2n) is 5.89. The fourth-order valence-corrected chi connectivity index (χ4v) is 2.92. The van der Waals surface area contributed by atoms with Gasteiger partial charge in [-0.05, 0) is 41.8 Å². The Balaban J connectivity index is 2.69. The standard InChI is InChI=1S/C20H22FNO4/c1-4-22(13(2)23)12-17-15(11-19(24)25)7-10-18(26-3)20(17)14-5-8-16(21)9-6-14/h5-10H,4,11-12H2,1-3H3,(H,24,25). The van der Waals surface area contributed by atoms with Crippen LogP contribution < -0.4 is 4.74 Å². The summed E-state index contributed by atoms with van der Waals surface area (Å²) < 4.78 is 18.8. The summed E-state index contributed by atoms with van der Waals surface area (Å²) in [6.45, 7) is 4.06. The van der Waals surface area contributed by atoms with Gasteiger partial charge in [0.15, 0.2) is 0 Å². The van der Waals surface area contributed by atoms with Crippen LogP contribution in [0.15, 0.2) is 36.4 Å². The first-order chi connectivity index (χ1) is 12.4. The molecule has 138 valence electrons. The van der Waals surface area contributed by atoms with Crippen LogP contribution in [0.2, 0.25) is 0 Å². The lowest BCUT2D eigenvalue weighted by molar-refractivity contribution is -0.136. The molecule has 0 atom stereocenters. The Morgan fingerprint density at radius 3 is 2.31 bits per heavy atom. The number of carboxylic acid groups (broad SMARTS) is 1. The maximum atomic E-state index is 13.3. The molecule has 0 radical (unpaired) electrons. The van der Waals surface area contributed by atoms with Crippen LogP contribution in [0, 0.1) is 5.82 Å². The third kappa shape index (κ3) is 4.39. The molecule has 1 N–H and O–H groups in total. The number of ether oxygens (including phenoxy) is 1. The summed E-state index contributed by atoms with van der Waals surface area (Å²) in [6, 6.07) is 9.31. The normalized spacial score (nSPS) is 10.5. The minimum absolute atomic E-state index is 0.110. The van der Waals surface area contributed by atoms with Crippen molar-refractivity contribution in [1.29, 1.82) is 0 Å². The SMILES string of the molecule is CCN(Cc1c(CC(=O)O)ccc(OC)c1-c1ccc(F)cc1)C(C)=O. The lowest BCUT2D eigenvalue weighted by Crippen LogP contribution is -2.28. The van der Waals surface area contributed by atoms with Crippen LogP contribution in [0.25, 0.3) is 11.1 Å². The van der Waals surface area contributed by atoms with Crippen LogP contribution in [0.4, 0.5) is 4.39 Å². The van der Waals surface area contributed by atoms with Crippen molar-refractivity contribution in [2.24, 2.45) is 0 Å². The fourth-order valence-electron chi connectivity index (χ4n) is 2.92. The summed E-state index contributed by atoms with van der Waals surface area (Å²) in [4.78, 5) is 24.8. The molecule has 2 aromatic carbocycles. The van der Waals surface area contributed by atoms with Crippen LogP contribution in [-0.4, -0.2) is 35.5 Å². The quantitative estimate of drug-likeness (QED) is 0.822. The molecule has 0 aliphatic carbocycles. The first-order valence-electron chi connectivity index (χ1n) is 8.29. The number of hydrogen-bond acceptors (Lipinski definition) is 3. The molecule has 26 heavy (non-hydrogen) atoms. The van der Waals surface area contributed by atoms with Gasteiger partial charge in [0.25, 0.3) is 0 Å². The molecule has 0 spiro atoms. The Labute approximate surface area is 152 Å². The average molecular weight is 359 g/mol. The van der Waals surface area contributed by atoms with E-state index >= 15 is 0 Å². The Kier molecular flexibility index (Phi) is 6.33. The van der Waals surface area contributed by atoms with Crippen LogP contribution in [-0.2, 0) is 22.6 Å². The fraction of sp³-hybridized carbons (Fsp3) is 0.300. The van der Waals surface area contributed by atoms with Crippen LogP contribution in [0.3, 0.4) is 0 Å². The van der Waals surface area contributed by atoms with E-state index in [1.54, 1.807) is 29.2 Å². The molecular weight excluding hydrogens is 337 g/mol. The molecule has 0 bridgehead atoms. The number of carbonyl (C=O) groups is 2. The highest BCUT2D eigenvalue weighted by atomic mass is 19.1. The molecule has 2 aromatic rings. The summed E-state index contributed by atoms with van der Waals surface area (Å²) in [5.74, 6) is -0.899. The summed E-state index contributed by atoms with van der Waals surface area (Å²) in [5, 5.41) is 9.25. The summed E-state index contributed by atoms with van der Waals surface area (Å²) in [7, 11) is 1.52. The van der Waals surface area contributed by atoms with E-state index in [4.69, 9.17) is 4.74 Å². The first kappa shape index (κ1) is 19.4. The number of benzene rings is 2. The number of nitrogens with zero attached hydrogens (tertiary/aromatic N) is 1. The topological polar surface area (TPSA) is 66.8 Å². The van der Waals surface area contributed by atoms with Gasteiger partial charge in [-0.25, -0.2) is 4.39 Å². The van der Waals surface area contributed by atoms with E-state index in [0.29, 0.717) is 34.5 Å². The minimum atomic E-state index is -0.965. The zero-order valence-electron chi connectivity index (χ0n) is 15.1. The Hall–Kier alpha value is -2.89. The van der Waals surface area contributed by atoms with Crippen molar-refractivity contribution in [3.63, 3.8) is 0 Å². The number of halogens is 1. The van der Waals surface area contributed by atoms with E-state index in [2.05, 4.69) is 0 Å². The largest absolute Gasteiger partial charge is 0.496 e. The Morgan fingerprint density at radius 2 is 1.81 bits per heavy atom. The first-order valence-corrected chi connectivity index (χ1v) is 8.29. The van der Waals surface area contributed by atoms with E-state index < -0.39 is 5.97 Å². The molecular formula is C20H22FNO4. The van der Waals surface area contributed by atoms with Crippen molar-refractivity contribution in [3.05, 3.63) is 53.3 Å². The van der Waals surface area contributed by atoms with Gasteiger partial charge in [0.2, 0.25) is 5.91 Å². The maximum absolute atomic E-state index is 13.3. The molecule has 6 heteroatoms. The molecule has 0 aliphatic heterocycles. The highest BCUT2D eigenvalue weighted by molar-refractivity contribution is 5.80.